The Kier molecular flexibility index (Phi) is 6.23. The zero-order valence-electron chi connectivity index (χ0n) is 14.5. The van der Waals surface area contributed by atoms with E-state index in [1.807, 2.05) is 13.8 Å². The second-order valence-corrected chi connectivity index (χ2v) is 8.14. The average molecular weight is 354 g/mol. The van der Waals surface area contributed by atoms with Crippen molar-refractivity contribution in [3.8, 4) is 5.75 Å². The van der Waals surface area contributed by atoms with Crippen LogP contribution in [0.1, 0.15) is 38.7 Å². The molecule has 2 rings (SSSR count). The second kappa shape index (κ2) is 7.98. The first kappa shape index (κ1) is 18.7. The van der Waals surface area contributed by atoms with Crippen molar-refractivity contribution < 1.29 is 17.9 Å². The number of rotatable bonds is 7. The van der Waals surface area contributed by atoms with Gasteiger partial charge in [0.05, 0.1) is 4.90 Å². The maximum atomic E-state index is 12.5. The van der Waals surface area contributed by atoms with Crippen molar-refractivity contribution in [2.24, 2.45) is 0 Å². The van der Waals surface area contributed by atoms with E-state index in [1.165, 1.54) is 4.31 Å². The summed E-state index contributed by atoms with van der Waals surface area (Å²) in [5.41, 5.74) is 0.701. The predicted molar refractivity (Wildman–Crippen MR) is 92.6 cm³/mol. The Morgan fingerprint density at radius 1 is 1.33 bits per heavy atom. The van der Waals surface area contributed by atoms with E-state index in [4.69, 9.17) is 4.74 Å². The molecule has 0 aliphatic carbocycles. The van der Waals surface area contributed by atoms with Crippen LogP contribution in [-0.4, -0.2) is 44.4 Å². The molecule has 1 aliphatic heterocycles. The van der Waals surface area contributed by atoms with Crippen LogP contribution in [0.3, 0.4) is 0 Å². The van der Waals surface area contributed by atoms with Crippen molar-refractivity contribution in [1.29, 1.82) is 0 Å². The number of amides is 1. The highest BCUT2D eigenvalue weighted by Crippen LogP contribution is 2.26. The van der Waals surface area contributed by atoms with Crippen LogP contribution in [0.5, 0.6) is 5.75 Å². The normalized spacial score (nSPS) is 16.8. The first-order valence-corrected chi connectivity index (χ1v) is 9.81. The number of hydrogen-bond donors (Lipinski definition) is 1. The minimum absolute atomic E-state index is 0.0800. The number of nitrogens with one attached hydrogen (secondary N) is 1. The van der Waals surface area contributed by atoms with E-state index in [-0.39, 0.29) is 23.5 Å². The molecule has 1 atom stereocenters. The quantitative estimate of drug-likeness (QED) is 0.813. The molecule has 1 amide bonds. The van der Waals surface area contributed by atoms with Crippen molar-refractivity contribution in [2.75, 3.05) is 19.7 Å². The van der Waals surface area contributed by atoms with Crippen molar-refractivity contribution in [3.05, 3.63) is 23.8 Å². The standard InChI is InChI=1S/C17H26N2O4S/c1-4-14(3)18-17(20)12-23-16-8-7-15(11-13(16)2)24(21,22)19-9-5-6-10-19/h7-8,11,14H,4-6,9-10,12H2,1-3H3,(H,18,20)/t14-/m0/s1. The van der Waals surface area contributed by atoms with E-state index < -0.39 is 10.0 Å². The van der Waals surface area contributed by atoms with Crippen molar-refractivity contribution in [2.45, 2.75) is 51.0 Å². The van der Waals surface area contributed by atoms with Gasteiger partial charge in [0.15, 0.2) is 6.61 Å². The van der Waals surface area contributed by atoms with Gasteiger partial charge in [-0.25, -0.2) is 8.42 Å². The fraction of sp³-hybridized carbons (Fsp3) is 0.588. The van der Waals surface area contributed by atoms with Gasteiger partial charge in [0, 0.05) is 19.1 Å². The molecular weight excluding hydrogens is 328 g/mol. The summed E-state index contributed by atoms with van der Waals surface area (Å²) in [7, 11) is -3.43. The van der Waals surface area contributed by atoms with Gasteiger partial charge in [0.1, 0.15) is 5.75 Å². The first-order valence-electron chi connectivity index (χ1n) is 8.37. The highest BCUT2D eigenvalue weighted by atomic mass is 32.2. The summed E-state index contributed by atoms with van der Waals surface area (Å²) in [5.74, 6) is 0.340. The lowest BCUT2D eigenvalue weighted by atomic mass is 10.2. The molecule has 134 valence electrons. The first-order chi connectivity index (χ1) is 11.3. The Hall–Kier alpha value is -1.60. The summed E-state index contributed by atoms with van der Waals surface area (Å²) in [5, 5.41) is 2.83. The highest BCUT2D eigenvalue weighted by molar-refractivity contribution is 7.89. The Morgan fingerprint density at radius 2 is 2.00 bits per heavy atom. The number of aryl methyl sites for hydroxylation is 1. The summed E-state index contributed by atoms with van der Waals surface area (Å²) >= 11 is 0. The molecule has 0 radical (unpaired) electrons. The summed E-state index contributed by atoms with van der Waals surface area (Å²) < 4.78 is 32.1. The number of hydrogen-bond acceptors (Lipinski definition) is 4. The molecule has 1 aliphatic rings. The lowest BCUT2D eigenvalue weighted by molar-refractivity contribution is -0.123. The molecule has 0 spiro atoms. The summed E-state index contributed by atoms with van der Waals surface area (Å²) in [6.45, 7) is 6.79. The molecule has 0 unspecified atom stereocenters. The lowest BCUT2D eigenvalue weighted by Gasteiger charge is -2.17. The fourth-order valence-electron chi connectivity index (χ4n) is 2.58. The molecule has 0 bridgehead atoms. The van der Waals surface area contributed by atoms with Gasteiger partial charge in [-0.15, -0.1) is 0 Å². The largest absolute Gasteiger partial charge is 0.484 e. The minimum atomic E-state index is -3.43. The third-order valence-electron chi connectivity index (χ3n) is 4.23. The zero-order valence-corrected chi connectivity index (χ0v) is 15.4. The smallest absolute Gasteiger partial charge is 0.258 e. The molecule has 0 saturated carbocycles. The molecule has 1 fully saturated rings. The SMILES string of the molecule is CC[C@H](C)NC(=O)COc1ccc(S(=O)(=O)N2CCCC2)cc1C. The lowest BCUT2D eigenvalue weighted by Crippen LogP contribution is -2.35. The number of benzene rings is 1. The monoisotopic (exact) mass is 354 g/mol. The molecule has 1 N–H and O–H groups in total. The molecule has 1 aromatic rings. The predicted octanol–water partition coefficient (Wildman–Crippen LogP) is 2.07. The number of nitrogens with zero attached hydrogens (tertiary/aromatic N) is 1. The zero-order chi connectivity index (χ0) is 17.7. The van der Waals surface area contributed by atoms with Crippen LogP contribution in [-0.2, 0) is 14.8 Å². The van der Waals surface area contributed by atoms with Gasteiger partial charge in [-0.1, -0.05) is 6.92 Å². The van der Waals surface area contributed by atoms with Crippen LogP contribution in [0.15, 0.2) is 23.1 Å². The minimum Gasteiger partial charge on any atom is -0.484 e. The van der Waals surface area contributed by atoms with Gasteiger partial charge in [-0.05, 0) is 56.9 Å². The maximum Gasteiger partial charge on any atom is 0.258 e. The number of ether oxygens (including phenoxy) is 1. The molecule has 1 aromatic carbocycles. The third kappa shape index (κ3) is 4.48. The molecule has 24 heavy (non-hydrogen) atoms. The van der Waals surface area contributed by atoms with Gasteiger partial charge in [-0.3, -0.25) is 4.79 Å². The molecule has 7 heteroatoms. The Bertz CT molecular complexity index is 682. The van der Waals surface area contributed by atoms with Crippen molar-refractivity contribution in [1.82, 2.24) is 9.62 Å². The van der Waals surface area contributed by atoms with Crippen LogP contribution in [0, 0.1) is 6.92 Å². The van der Waals surface area contributed by atoms with E-state index >= 15 is 0 Å². The number of carbonyl (C=O) groups excluding carboxylic acids is 1. The van der Waals surface area contributed by atoms with Gasteiger partial charge in [0.2, 0.25) is 10.0 Å². The number of sulfonamides is 1. The maximum absolute atomic E-state index is 12.5. The van der Waals surface area contributed by atoms with Crippen LogP contribution < -0.4 is 10.1 Å². The second-order valence-electron chi connectivity index (χ2n) is 6.20. The van der Waals surface area contributed by atoms with E-state index in [9.17, 15) is 13.2 Å². The van der Waals surface area contributed by atoms with E-state index in [2.05, 4.69) is 5.32 Å². The van der Waals surface area contributed by atoms with Gasteiger partial charge >= 0.3 is 0 Å². The van der Waals surface area contributed by atoms with Crippen molar-refractivity contribution in [3.63, 3.8) is 0 Å². The highest BCUT2D eigenvalue weighted by Gasteiger charge is 2.27. The summed E-state index contributed by atoms with van der Waals surface area (Å²) in [6.07, 6.45) is 2.67. The van der Waals surface area contributed by atoms with E-state index in [0.717, 1.165) is 19.3 Å². The molecular formula is C17H26N2O4S. The van der Waals surface area contributed by atoms with E-state index in [1.54, 1.807) is 25.1 Å². The topological polar surface area (TPSA) is 75.7 Å². The van der Waals surface area contributed by atoms with Gasteiger partial charge in [0.25, 0.3) is 5.91 Å². The van der Waals surface area contributed by atoms with Crippen LogP contribution in [0.25, 0.3) is 0 Å². The van der Waals surface area contributed by atoms with Crippen LogP contribution in [0.4, 0.5) is 0 Å². The van der Waals surface area contributed by atoms with E-state index in [0.29, 0.717) is 24.4 Å². The van der Waals surface area contributed by atoms with Crippen LogP contribution in [0.2, 0.25) is 0 Å². The molecule has 1 heterocycles. The van der Waals surface area contributed by atoms with Gasteiger partial charge in [-0.2, -0.15) is 4.31 Å². The Labute approximate surface area is 144 Å². The molecule has 1 saturated heterocycles. The van der Waals surface area contributed by atoms with Crippen LogP contribution >= 0.6 is 0 Å². The van der Waals surface area contributed by atoms with Gasteiger partial charge < -0.3 is 10.1 Å². The number of carbonyl (C=O) groups is 1. The Balaban J connectivity index is 2.03. The summed E-state index contributed by atoms with van der Waals surface area (Å²) in [6, 6.07) is 4.88. The Morgan fingerprint density at radius 3 is 2.58 bits per heavy atom. The average Bonchev–Trinajstić information content (AvgIpc) is 3.08. The summed E-state index contributed by atoms with van der Waals surface area (Å²) in [4.78, 5) is 12.0. The van der Waals surface area contributed by atoms with Crippen molar-refractivity contribution >= 4 is 15.9 Å². The molecule has 6 nitrogen and oxygen atoms in total. The fourth-order valence-corrected chi connectivity index (χ4v) is 4.19. The third-order valence-corrected chi connectivity index (χ3v) is 6.12. The molecule has 0 aromatic heterocycles.